The Morgan fingerprint density at radius 1 is 1.42 bits per heavy atom. The van der Waals surface area contributed by atoms with Gasteiger partial charge in [-0.05, 0) is 32.1 Å². The molecule has 1 amide bonds. The molecule has 1 saturated heterocycles. The summed E-state index contributed by atoms with van der Waals surface area (Å²) in [6.07, 6.45) is 9.28. The molecule has 1 N–H and O–H groups in total. The third-order valence-corrected chi connectivity index (χ3v) is 6.59. The molecule has 1 saturated carbocycles. The Hall–Kier alpha value is -1.67. The van der Waals surface area contributed by atoms with Crippen molar-refractivity contribution < 1.29 is 13.2 Å². The number of imidazole rings is 1. The first-order valence-corrected chi connectivity index (χ1v) is 9.76. The fourth-order valence-corrected chi connectivity index (χ4v) is 5.19. The van der Waals surface area contributed by atoms with E-state index < -0.39 is 10.0 Å². The molecule has 0 aromatic carbocycles. The van der Waals surface area contributed by atoms with Gasteiger partial charge in [0.15, 0.2) is 5.03 Å². The summed E-state index contributed by atoms with van der Waals surface area (Å²) in [6, 6.07) is -0.107. The lowest BCUT2D eigenvalue weighted by molar-refractivity contribution is -0.131. The van der Waals surface area contributed by atoms with Crippen LogP contribution in [-0.4, -0.2) is 46.9 Å². The fraction of sp³-hybridized carbons (Fsp3) is 0.625. The van der Waals surface area contributed by atoms with E-state index in [0.29, 0.717) is 13.0 Å². The second-order valence-electron chi connectivity index (χ2n) is 6.79. The SMILES string of the molecule is C=CCN1C(=O)CCC12CCC(NS(=O)(=O)c1cn(C)cn1)CC2. The van der Waals surface area contributed by atoms with Crippen molar-refractivity contribution >= 4 is 15.9 Å². The highest BCUT2D eigenvalue weighted by molar-refractivity contribution is 7.89. The summed E-state index contributed by atoms with van der Waals surface area (Å²) in [5, 5.41) is 0.0506. The Labute approximate surface area is 142 Å². The Bertz CT molecular complexity index is 732. The molecule has 24 heavy (non-hydrogen) atoms. The van der Waals surface area contributed by atoms with E-state index in [0.717, 1.165) is 32.1 Å². The van der Waals surface area contributed by atoms with Crippen molar-refractivity contribution in [2.45, 2.75) is 55.1 Å². The number of sulfonamides is 1. The van der Waals surface area contributed by atoms with Gasteiger partial charge in [0.05, 0.1) is 6.33 Å². The van der Waals surface area contributed by atoms with E-state index in [1.54, 1.807) is 17.7 Å². The minimum Gasteiger partial charge on any atom is -0.339 e. The summed E-state index contributed by atoms with van der Waals surface area (Å²) >= 11 is 0. The second kappa shape index (κ2) is 6.33. The number of likely N-dealkylation sites (tertiary alicyclic amines) is 1. The largest absolute Gasteiger partial charge is 0.339 e. The number of nitrogens with zero attached hydrogens (tertiary/aromatic N) is 3. The monoisotopic (exact) mass is 352 g/mol. The van der Waals surface area contributed by atoms with Gasteiger partial charge >= 0.3 is 0 Å². The Kier molecular flexibility index (Phi) is 4.52. The van der Waals surface area contributed by atoms with Gasteiger partial charge in [-0.15, -0.1) is 6.58 Å². The van der Waals surface area contributed by atoms with Gasteiger partial charge in [-0.2, -0.15) is 0 Å². The normalized spacial score (nSPS) is 27.8. The fourth-order valence-electron chi connectivity index (χ4n) is 3.90. The van der Waals surface area contributed by atoms with Crippen LogP contribution in [0.1, 0.15) is 38.5 Å². The minimum absolute atomic E-state index is 0.0506. The molecule has 0 unspecified atom stereocenters. The van der Waals surface area contributed by atoms with Crippen LogP contribution in [0.4, 0.5) is 0 Å². The van der Waals surface area contributed by atoms with Crippen LogP contribution >= 0.6 is 0 Å². The summed E-state index contributed by atoms with van der Waals surface area (Å²) < 4.78 is 29.1. The molecular weight excluding hydrogens is 328 g/mol. The van der Waals surface area contributed by atoms with E-state index >= 15 is 0 Å². The van der Waals surface area contributed by atoms with E-state index in [2.05, 4.69) is 16.3 Å². The van der Waals surface area contributed by atoms with E-state index in [-0.39, 0.29) is 22.5 Å². The van der Waals surface area contributed by atoms with Crippen molar-refractivity contribution in [2.75, 3.05) is 6.54 Å². The number of amides is 1. The molecule has 1 spiro atoms. The van der Waals surface area contributed by atoms with Crippen LogP contribution in [0.15, 0.2) is 30.2 Å². The lowest BCUT2D eigenvalue weighted by Crippen LogP contribution is -2.51. The topological polar surface area (TPSA) is 84.3 Å². The lowest BCUT2D eigenvalue weighted by atomic mass is 9.78. The standard InChI is InChI=1S/C16H24N4O3S/c1-3-10-20-15(21)6-9-16(20)7-4-13(5-8-16)18-24(22,23)14-11-19(2)12-17-14/h3,11-13,18H,1,4-10H2,2H3. The van der Waals surface area contributed by atoms with Gasteiger partial charge in [0.1, 0.15) is 0 Å². The molecule has 132 valence electrons. The average molecular weight is 352 g/mol. The van der Waals surface area contributed by atoms with Crippen LogP contribution in [0.3, 0.4) is 0 Å². The Morgan fingerprint density at radius 2 is 2.12 bits per heavy atom. The molecular formula is C16H24N4O3S. The molecule has 8 heteroatoms. The second-order valence-corrected chi connectivity index (χ2v) is 8.45. The third-order valence-electron chi connectivity index (χ3n) is 5.18. The van der Waals surface area contributed by atoms with E-state index in [1.807, 2.05) is 4.90 Å². The van der Waals surface area contributed by atoms with E-state index in [1.165, 1.54) is 12.5 Å². The molecule has 0 atom stereocenters. The van der Waals surface area contributed by atoms with Gasteiger partial charge < -0.3 is 9.47 Å². The molecule has 7 nitrogen and oxygen atoms in total. The molecule has 2 heterocycles. The van der Waals surface area contributed by atoms with Crippen LogP contribution < -0.4 is 4.72 Å². The quantitative estimate of drug-likeness (QED) is 0.807. The molecule has 1 aliphatic carbocycles. The van der Waals surface area contributed by atoms with Crippen molar-refractivity contribution in [2.24, 2.45) is 7.05 Å². The zero-order valence-electron chi connectivity index (χ0n) is 13.9. The van der Waals surface area contributed by atoms with Crippen LogP contribution in [-0.2, 0) is 21.9 Å². The molecule has 2 aliphatic rings. The predicted molar refractivity (Wildman–Crippen MR) is 89.7 cm³/mol. The molecule has 0 radical (unpaired) electrons. The highest BCUT2D eigenvalue weighted by Gasteiger charge is 2.46. The highest BCUT2D eigenvalue weighted by Crippen LogP contribution is 2.42. The first-order chi connectivity index (χ1) is 11.4. The summed E-state index contributed by atoms with van der Waals surface area (Å²) in [4.78, 5) is 17.9. The Balaban J connectivity index is 1.65. The number of nitrogens with one attached hydrogen (secondary N) is 1. The van der Waals surface area contributed by atoms with Crippen LogP contribution in [0.5, 0.6) is 0 Å². The number of rotatable bonds is 5. The molecule has 0 bridgehead atoms. The van der Waals surface area contributed by atoms with Gasteiger partial charge in [0.2, 0.25) is 5.91 Å². The number of carbonyl (C=O) groups excluding carboxylic acids is 1. The van der Waals surface area contributed by atoms with Crippen molar-refractivity contribution in [1.82, 2.24) is 19.2 Å². The number of aryl methyl sites for hydroxylation is 1. The smallest absolute Gasteiger partial charge is 0.259 e. The summed E-state index contributed by atoms with van der Waals surface area (Å²) in [6.45, 7) is 4.31. The number of carbonyl (C=O) groups is 1. The number of aromatic nitrogens is 2. The number of hydrogen-bond donors (Lipinski definition) is 1. The Morgan fingerprint density at radius 3 is 2.71 bits per heavy atom. The lowest BCUT2D eigenvalue weighted by Gasteiger charge is -2.43. The summed E-state index contributed by atoms with van der Waals surface area (Å²) in [7, 11) is -1.85. The zero-order chi connectivity index (χ0) is 17.4. The van der Waals surface area contributed by atoms with Crippen molar-refractivity contribution in [3.63, 3.8) is 0 Å². The maximum atomic E-state index is 12.4. The molecule has 1 aromatic heterocycles. The van der Waals surface area contributed by atoms with Gasteiger partial charge in [-0.3, -0.25) is 4.79 Å². The molecule has 1 aromatic rings. The van der Waals surface area contributed by atoms with Gasteiger partial charge in [0, 0.05) is 37.8 Å². The molecule has 3 rings (SSSR count). The first kappa shape index (κ1) is 17.2. The molecule has 1 aliphatic heterocycles. The maximum absolute atomic E-state index is 12.4. The van der Waals surface area contributed by atoms with Crippen molar-refractivity contribution in [1.29, 1.82) is 0 Å². The van der Waals surface area contributed by atoms with Gasteiger partial charge in [-0.25, -0.2) is 18.1 Å². The minimum atomic E-state index is -3.59. The maximum Gasteiger partial charge on any atom is 0.259 e. The van der Waals surface area contributed by atoms with Crippen molar-refractivity contribution in [3.8, 4) is 0 Å². The number of hydrogen-bond acceptors (Lipinski definition) is 4. The van der Waals surface area contributed by atoms with Gasteiger partial charge in [0.25, 0.3) is 10.0 Å². The zero-order valence-corrected chi connectivity index (χ0v) is 14.8. The summed E-state index contributed by atoms with van der Waals surface area (Å²) in [5.74, 6) is 0.183. The predicted octanol–water partition coefficient (Wildman–Crippen LogP) is 1.19. The van der Waals surface area contributed by atoms with E-state index in [9.17, 15) is 13.2 Å². The third kappa shape index (κ3) is 3.12. The van der Waals surface area contributed by atoms with Crippen LogP contribution in [0.25, 0.3) is 0 Å². The van der Waals surface area contributed by atoms with Gasteiger partial charge in [-0.1, -0.05) is 6.08 Å². The van der Waals surface area contributed by atoms with Crippen LogP contribution in [0.2, 0.25) is 0 Å². The van der Waals surface area contributed by atoms with E-state index in [4.69, 9.17) is 0 Å². The van der Waals surface area contributed by atoms with Crippen molar-refractivity contribution in [3.05, 3.63) is 25.2 Å². The molecule has 2 fully saturated rings. The van der Waals surface area contributed by atoms with Crippen LogP contribution in [0, 0.1) is 0 Å². The first-order valence-electron chi connectivity index (χ1n) is 8.28. The summed E-state index contributed by atoms with van der Waals surface area (Å²) in [5.41, 5.74) is -0.113. The highest BCUT2D eigenvalue weighted by atomic mass is 32.2. The average Bonchev–Trinajstić information content (AvgIpc) is 3.10.